The zero-order valence-electron chi connectivity index (χ0n) is 17.7. The van der Waals surface area contributed by atoms with Gasteiger partial charge in [-0.05, 0) is 31.7 Å². The van der Waals surface area contributed by atoms with Crippen molar-refractivity contribution in [3.63, 3.8) is 0 Å². The molecule has 5 rings (SSSR count). The van der Waals surface area contributed by atoms with Gasteiger partial charge >= 0.3 is 0 Å². The van der Waals surface area contributed by atoms with Crippen LogP contribution in [0.2, 0.25) is 0 Å². The van der Waals surface area contributed by atoms with Crippen LogP contribution in [0.4, 0.5) is 5.82 Å². The predicted octanol–water partition coefficient (Wildman–Crippen LogP) is 2.34. The first-order chi connectivity index (χ1) is 15.7. The number of aromatic nitrogens is 4. The Labute approximate surface area is 185 Å². The maximum Gasteiger partial charge on any atom is 0.280 e. The lowest BCUT2D eigenvalue weighted by Crippen LogP contribution is -2.36. The van der Waals surface area contributed by atoms with Crippen LogP contribution in [0.3, 0.4) is 0 Å². The molecule has 10 nitrogen and oxygen atoms in total. The van der Waals surface area contributed by atoms with Crippen molar-refractivity contribution in [3.8, 4) is 5.88 Å². The second-order valence-corrected chi connectivity index (χ2v) is 8.17. The maximum atomic E-state index is 12.3. The van der Waals surface area contributed by atoms with E-state index >= 15 is 0 Å². The molecule has 1 saturated heterocycles. The third kappa shape index (κ3) is 4.23. The first-order valence-corrected chi connectivity index (χ1v) is 10.9. The van der Waals surface area contributed by atoms with Gasteiger partial charge < -0.3 is 18.9 Å². The van der Waals surface area contributed by atoms with E-state index in [0.29, 0.717) is 30.2 Å². The van der Waals surface area contributed by atoms with Crippen molar-refractivity contribution in [2.45, 2.75) is 37.8 Å². The highest BCUT2D eigenvalue weighted by molar-refractivity contribution is 5.99. The first kappa shape index (κ1) is 20.7. The second-order valence-electron chi connectivity index (χ2n) is 8.17. The number of amides is 1. The molecule has 1 aliphatic heterocycles. The van der Waals surface area contributed by atoms with Crippen molar-refractivity contribution in [3.05, 3.63) is 42.6 Å². The van der Waals surface area contributed by atoms with E-state index in [0.717, 1.165) is 44.6 Å². The van der Waals surface area contributed by atoms with Gasteiger partial charge in [0.25, 0.3) is 5.91 Å². The molecule has 3 aromatic rings. The zero-order chi connectivity index (χ0) is 21.9. The lowest BCUT2D eigenvalue weighted by atomic mass is 9.93. The number of morpholine rings is 1. The number of carbonyl (C=O) groups excluding carboxylic acids is 1. The molecule has 0 radical (unpaired) electrons. The van der Waals surface area contributed by atoms with Crippen molar-refractivity contribution >= 4 is 22.6 Å². The quantitative estimate of drug-likeness (QED) is 0.461. The van der Waals surface area contributed by atoms with Crippen LogP contribution in [0.1, 0.15) is 42.1 Å². The van der Waals surface area contributed by atoms with Gasteiger partial charge in [-0.1, -0.05) is 0 Å². The number of fused-ring (bicyclic) bond motifs is 1. The van der Waals surface area contributed by atoms with E-state index < -0.39 is 5.91 Å². The fraction of sp³-hybridized carbons (Fsp3) is 0.455. The third-order valence-corrected chi connectivity index (χ3v) is 6.20. The number of carbonyl (C=O) groups is 1. The van der Waals surface area contributed by atoms with Crippen LogP contribution >= 0.6 is 0 Å². The summed E-state index contributed by atoms with van der Waals surface area (Å²) in [4.78, 5) is 27.8. The molecule has 3 aromatic heterocycles. The fourth-order valence-electron chi connectivity index (χ4n) is 4.42. The summed E-state index contributed by atoms with van der Waals surface area (Å²) in [5.74, 6) is 0.396. The van der Waals surface area contributed by atoms with E-state index in [1.807, 2.05) is 18.6 Å². The summed E-state index contributed by atoms with van der Waals surface area (Å²) in [6.07, 6.45) is 10.9. The van der Waals surface area contributed by atoms with Crippen LogP contribution in [-0.4, -0.2) is 63.0 Å². The standard InChI is InChI=1S/C22H26N6O4/c29-21(26-30)18-11-15-13-24-20(27-7-9-31-10-8-27)12-19(15)25-22(18)32-17-3-1-16(2-4-17)28-6-5-23-14-28/h5-6,11-14,16-17,30H,1-4,7-10H2,(H,26,29). The molecule has 2 N–H and O–H groups in total. The summed E-state index contributed by atoms with van der Waals surface area (Å²) in [5, 5.41) is 9.92. The molecule has 168 valence electrons. The zero-order valence-corrected chi connectivity index (χ0v) is 17.7. The number of nitrogens with zero attached hydrogens (tertiary/aromatic N) is 5. The molecule has 1 aliphatic carbocycles. The number of hydrogen-bond donors (Lipinski definition) is 2. The Balaban J connectivity index is 1.39. The second kappa shape index (κ2) is 9.09. The lowest BCUT2D eigenvalue weighted by Gasteiger charge is -2.30. The molecular weight excluding hydrogens is 412 g/mol. The van der Waals surface area contributed by atoms with E-state index in [1.165, 1.54) is 0 Å². The SMILES string of the molecule is O=C(NO)c1cc2cnc(N3CCOCC3)cc2nc1OC1CCC(n2ccnc2)CC1. The number of hydroxylamine groups is 1. The Kier molecular flexibility index (Phi) is 5.87. The smallest absolute Gasteiger partial charge is 0.280 e. The Morgan fingerprint density at radius 1 is 1.19 bits per heavy atom. The van der Waals surface area contributed by atoms with Gasteiger partial charge in [-0.25, -0.2) is 20.4 Å². The van der Waals surface area contributed by atoms with Gasteiger partial charge in [-0.15, -0.1) is 0 Å². The molecule has 10 heteroatoms. The van der Waals surface area contributed by atoms with E-state index in [1.54, 1.807) is 23.9 Å². The van der Waals surface area contributed by atoms with Crippen molar-refractivity contribution in [1.29, 1.82) is 0 Å². The molecule has 1 amide bonds. The van der Waals surface area contributed by atoms with Gasteiger partial charge in [-0.2, -0.15) is 0 Å². The third-order valence-electron chi connectivity index (χ3n) is 6.20. The van der Waals surface area contributed by atoms with Crippen LogP contribution in [0.5, 0.6) is 5.88 Å². The number of hydrogen-bond acceptors (Lipinski definition) is 8. The predicted molar refractivity (Wildman–Crippen MR) is 116 cm³/mol. The molecule has 0 atom stereocenters. The van der Waals surface area contributed by atoms with Crippen LogP contribution in [0.25, 0.3) is 10.9 Å². The number of imidazole rings is 1. The van der Waals surface area contributed by atoms with Gasteiger partial charge in [0.1, 0.15) is 17.5 Å². The van der Waals surface area contributed by atoms with Gasteiger partial charge in [0, 0.05) is 49.2 Å². The van der Waals surface area contributed by atoms with E-state index in [2.05, 4.69) is 24.4 Å². The Morgan fingerprint density at radius 2 is 2.00 bits per heavy atom. The Morgan fingerprint density at radius 3 is 2.72 bits per heavy atom. The minimum absolute atomic E-state index is 0.0504. The highest BCUT2D eigenvalue weighted by atomic mass is 16.5. The van der Waals surface area contributed by atoms with Gasteiger partial charge in [0.05, 0.1) is 25.1 Å². The average molecular weight is 438 g/mol. The summed E-state index contributed by atoms with van der Waals surface area (Å²) in [6.45, 7) is 2.87. The number of rotatable bonds is 5. The molecule has 2 aliphatic rings. The molecule has 32 heavy (non-hydrogen) atoms. The maximum absolute atomic E-state index is 12.3. The summed E-state index contributed by atoms with van der Waals surface area (Å²) >= 11 is 0. The highest BCUT2D eigenvalue weighted by Gasteiger charge is 2.26. The monoisotopic (exact) mass is 438 g/mol. The molecule has 4 heterocycles. The lowest BCUT2D eigenvalue weighted by molar-refractivity contribution is 0.0692. The van der Waals surface area contributed by atoms with Crippen LogP contribution in [0, 0.1) is 0 Å². The average Bonchev–Trinajstić information content (AvgIpc) is 3.39. The molecule has 1 saturated carbocycles. The van der Waals surface area contributed by atoms with Crippen LogP contribution < -0.4 is 15.1 Å². The summed E-state index contributed by atoms with van der Waals surface area (Å²) in [7, 11) is 0. The minimum atomic E-state index is -0.654. The molecular formula is C22H26N6O4. The highest BCUT2D eigenvalue weighted by Crippen LogP contribution is 2.32. The number of nitrogens with one attached hydrogen (secondary N) is 1. The fourth-order valence-corrected chi connectivity index (χ4v) is 4.42. The molecule has 2 fully saturated rings. The number of pyridine rings is 2. The topological polar surface area (TPSA) is 115 Å². The molecule has 0 bridgehead atoms. The molecule has 0 spiro atoms. The van der Waals surface area contributed by atoms with Gasteiger partial charge in [0.2, 0.25) is 5.88 Å². The summed E-state index contributed by atoms with van der Waals surface area (Å²) < 4.78 is 13.8. The minimum Gasteiger partial charge on any atom is -0.474 e. The van der Waals surface area contributed by atoms with E-state index in [4.69, 9.17) is 9.47 Å². The van der Waals surface area contributed by atoms with Crippen molar-refractivity contribution in [2.75, 3.05) is 31.2 Å². The first-order valence-electron chi connectivity index (χ1n) is 10.9. The van der Waals surface area contributed by atoms with Crippen molar-refractivity contribution < 1.29 is 19.5 Å². The van der Waals surface area contributed by atoms with Crippen LogP contribution in [0.15, 0.2) is 37.1 Å². The van der Waals surface area contributed by atoms with E-state index in [-0.39, 0.29) is 17.5 Å². The molecule has 0 unspecified atom stereocenters. The van der Waals surface area contributed by atoms with Crippen molar-refractivity contribution in [2.24, 2.45) is 0 Å². The van der Waals surface area contributed by atoms with E-state index in [9.17, 15) is 10.0 Å². The summed E-state index contributed by atoms with van der Waals surface area (Å²) in [6, 6.07) is 3.98. The van der Waals surface area contributed by atoms with Crippen molar-refractivity contribution in [1.82, 2.24) is 25.0 Å². The Bertz CT molecular complexity index is 1080. The normalized spacial score (nSPS) is 21.5. The van der Waals surface area contributed by atoms with Crippen LogP contribution in [-0.2, 0) is 4.74 Å². The number of anilines is 1. The van der Waals surface area contributed by atoms with Gasteiger partial charge in [-0.3, -0.25) is 10.0 Å². The summed E-state index contributed by atoms with van der Waals surface area (Å²) in [5.41, 5.74) is 2.59. The Hall–Kier alpha value is -3.24. The number of ether oxygens (including phenoxy) is 2. The van der Waals surface area contributed by atoms with Gasteiger partial charge in [0.15, 0.2) is 0 Å². The molecule has 0 aromatic carbocycles. The largest absolute Gasteiger partial charge is 0.474 e.